The van der Waals surface area contributed by atoms with E-state index in [0.717, 1.165) is 5.56 Å². The predicted octanol–water partition coefficient (Wildman–Crippen LogP) is 2.80. The molecule has 0 aliphatic heterocycles. The number of hydrogen-bond acceptors (Lipinski definition) is 4. The zero-order valence-corrected chi connectivity index (χ0v) is 12.7. The van der Waals surface area contributed by atoms with Gasteiger partial charge in [-0.25, -0.2) is 0 Å². The maximum absolute atomic E-state index is 11.5. The van der Waals surface area contributed by atoms with Gasteiger partial charge in [-0.15, -0.1) is 0 Å². The summed E-state index contributed by atoms with van der Waals surface area (Å²) in [6.07, 6.45) is 4.41. The van der Waals surface area contributed by atoms with Crippen LogP contribution in [0.1, 0.15) is 17.7 Å². The first-order valence-electron chi connectivity index (χ1n) is 6.89. The lowest BCUT2D eigenvalue weighted by Gasteiger charge is -2.10. The third kappa shape index (κ3) is 3.91. The molecule has 0 spiro atoms. The van der Waals surface area contributed by atoms with Crippen LogP contribution in [-0.2, 0) is 11.2 Å². The highest BCUT2D eigenvalue weighted by Gasteiger charge is 2.09. The molecule has 0 saturated heterocycles. The molecule has 0 atom stereocenters. The Balaban J connectivity index is 2.11. The van der Waals surface area contributed by atoms with E-state index in [-0.39, 0.29) is 0 Å². The second-order valence-corrected chi connectivity index (χ2v) is 4.74. The van der Waals surface area contributed by atoms with Gasteiger partial charge in [-0.3, -0.25) is 4.79 Å². The smallest absolute Gasteiger partial charge is 0.244 e. The predicted molar refractivity (Wildman–Crippen MR) is 83.7 cm³/mol. The van der Waals surface area contributed by atoms with Gasteiger partial charge in [0.25, 0.3) is 0 Å². The first-order valence-corrected chi connectivity index (χ1v) is 6.89. The Morgan fingerprint density at radius 1 is 1.23 bits per heavy atom. The maximum Gasteiger partial charge on any atom is 0.244 e. The molecule has 1 heterocycles. The molecule has 0 bridgehead atoms. The standard InChI is InChI=1S/C17H19NO4/c1-20-15-8-6-12(10-16(15)21-2)5-7-13(17(18)19)11-14-4-3-9-22-14/h3-4,6,8-11H,5,7H2,1-2H3,(H2,18,19). The van der Waals surface area contributed by atoms with Crippen molar-refractivity contribution in [2.24, 2.45) is 5.73 Å². The van der Waals surface area contributed by atoms with Gasteiger partial charge < -0.3 is 19.6 Å². The minimum atomic E-state index is -0.447. The molecule has 1 aromatic heterocycles. The highest BCUT2D eigenvalue weighted by molar-refractivity contribution is 5.96. The Labute approximate surface area is 129 Å². The van der Waals surface area contributed by atoms with Crippen LogP contribution in [0.5, 0.6) is 11.5 Å². The van der Waals surface area contributed by atoms with Gasteiger partial charge in [0.2, 0.25) is 5.91 Å². The van der Waals surface area contributed by atoms with Crippen molar-refractivity contribution in [1.82, 2.24) is 0 Å². The van der Waals surface area contributed by atoms with Crippen LogP contribution in [0, 0.1) is 0 Å². The Morgan fingerprint density at radius 2 is 2.00 bits per heavy atom. The molecule has 0 radical (unpaired) electrons. The van der Waals surface area contributed by atoms with E-state index >= 15 is 0 Å². The summed E-state index contributed by atoms with van der Waals surface area (Å²) in [7, 11) is 3.18. The zero-order chi connectivity index (χ0) is 15.9. The van der Waals surface area contributed by atoms with Crippen LogP contribution >= 0.6 is 0 Å². The number of primary amides is 1. The Hall–Kier alpha value is -2.69. The van der Waals surface area contributed by atoms with Gasteiger partial charge in [0.05, 0.1) is 20.5 Å². The summed E-state index contributed by atoms with van der Waals surface area (Å²) in [5.41, 5.74) is 6.98. The van der Waals surface area contributed by atoms with E-state index in [9.17, 15) is 4.79 Å². The normalized spacial score (nSPS) is 11.3. The minimum Gasteiger partial charge on any atom is -0.493 e. The van der Waals surface area contributed by atoms with Crippen LogP contribution in [0.3, 0.4) is 0 Å². The molecule has 2 aromatic rings. The lowest BCUT2D eigenvalue weighted by molar-refractivity contribution is -0.114. The van der Waals surface area contributed by atoms with Crippen molar-refractivity contribution in [1.29, 1.82) is 0 Å². The Morgan fingerprint density at radius 3 is 2.59 bits per heavy atom. The summed E-state index contributed by atoms with van der Waals surface area (Å²) in [5.74, 6) is 1.50. The largest absolute Gasteiger partial charge is 0.493 e. The molecule has 1 aromatic carbocycles. The molecule has 22 heavy (non-hydrogen) atoms. The monoisotopic (exact) mass is 301 g/mol. The lowest BCUT2D eigenvalue weighted by Crippen LogP contribution is -2.14. The van der Waals surface area contributed by atoms with Crippen LogP contribution in [0.25, 0.3) is 6.08 Å². The lowest BCUT2D eigenvalue weighted by atomic mass is 10.0. The Kier molecular flexibility index (Phi) is 5.25. The number of aryl methyl sites for hydroxylation is 1. The summed E-state index contributed by atoms with van der Waals surface area (Å²) in [5, 5.41) is 0. The van der Waals surface area contributed by atoms with Gasteiger partial charge in [-0.1, -0.05) is 6.07 Å². The van der Waals surface area contributed by atoms with Gasteiger partial charge in [-0.2, -0.15) is 0 Å². The molecule has 0 aliphatic rings. The second-order valence-electron chi connectivity index (χ2n) is 4.74. The molecule has 2 rings (SSSR count). The third-order valence-corrected chi connectivity index (χ3v) is 3.31. The van der Waals surface area contributed by atoms with Gasteiger partial charge in [0.15, 0.2) is 11.5 Å². The number of furan rings is 1. The van der Waals surface area contributed by atoms with Gasteiger partial charge in [-0.05, 0) is 48.7 Å². The fraction of sp³-hybridized carbons (Fsp3) is 0.235. The molecule has 0 saturated carbocycles. The summed E-state index contributed by atoms with van der Waals surface area (Å²) in [6.45, 7) is 0. The molecular formula is C17H19NO4. The highest BCUT2D eigenvalue weighted by atomic mass is 16.5. The van der Waals surface area contributed by atoms with Crippen molar-refractivity contribution in [3.63, 3.8) is 0 Å². The average Bonchev–Trinajstić information content (AvgIpc) is 3.03. The average molecular weight is 301 g/mol. The zero-order valence-electron chi connectivity index (χ0n) is 12.7. The number of hydrogen-bond donors (Lipinski definition) is 1. The van der Waals surface area contributed by atoms with Crippen LogP contribution in [0.2, 0.25) is 0 Å². The van der Waals surface area contributed by atoms with Crippen molar-refractivity contribution in [3.8, 4) is 11.5 Å². The number of carbonyl (C=O) groups excluding carboxylic acids is 1. The van der Waals surface area contributed by atoms with Crippen LogP contribution < -0.4 is 15.2 Å². The van der Waals surface area contributed by atoms with E-state index in [1.807, 2.05) is 18.2 Å². The highest BCUT2D eigenvalue weighted by Crippen LogP contribution is 2.28. The van der Waals surface area contributed by atoms with E-state index in [1.54, 1.807) is 38.7 Å². The third-order valence-electron chi connectivity index (χ3n) is 3.31. The van der Waals surface area contributed by atoms with Crippen molar-refractivity contribution in [2.45, 2.75) is 12.8 Å². The van der Waals surface area contributed by atoms with Crippen molar-refractivity contribution in [3.05, 3.63) is 53.5 Å². The molecule has 1 amide bonds. The number of ether oxygens (including phenoxy) is 2. The number of benzene rings is 1. The quantitative estimate of drug-likeness (QED) is 0.798. The van der Waals surface area contributed by atoms with E-state index < -0.39 is 5.91 Å². The summed E-state index contributed by atoms with van der Waals surface area (Å²) in [4.78, 5) is 11.5. The Bertz CT molecular complexity index is 659. The van der Waals surface area contributed by atoms with Crippen molar-refractivity contribution < 1.29 is 18.7 Å². The topological polar surface area (TPSA) is 74.7 Å². The van der Waals surface area contributed by atoms with Crippen LogP contribution in [0.4, 0.5) is 0 Å². The molecule has 116 valence electrons. The van der Waals surface area contributed by atoms with Gasteiger partial charge in [0.1, 0.15) is 5.76 Å². The van der Waals surface area contributed by atoms with E-state index in [1.165, 1.54) is 0 Å². The number of methoxy groups -OCH3 is 2. The van der Waals surface area contributed by atoms with Gasteiger partial charge >= 0.3 is 0 Å². The van der Waals surface area contributed by atoms with Crippen LogP contribution in [-0.4, -0.2) is 20.1 Å². The number of nitrogens with two attached hydrogens (primary N) is 1. The number of rotatable bonds is 7. The molecule has 0 aliphatic carbocycles. The first kappa shape index (κ1) is 15.7. The number of carbonyl (C=O) groups is 1. The van der Waals surface area contributed by atoms with Gasteiger partial charge in [0, 0.05) is 5.57 Å². The van der Waals surface area contributed by atoms with Crippen molar-refractivity contribution >= 4 is 12.0 Å². The van der Waals surface area contributed by atoms with Crippen molar-refractivity contribution in [2.75, 3.05) is 14.2 Å². The molecule has 0 unspecified atom stereocenters. The van der Waals surface area contributed by atoms with Crippen LogP contribution in [0.15, 0.2) is 46.6 Å². The molecule has 5 heteroatoms. The summed E-state index contributed by atoms with van der Waals surface area (Å²) >= 11 is 0. The van der Waals surface area contributed by atoms with E-state index in [2.05, 4.69) is 0 Å². The number of amides is 1. The van der Waals surface area contributed by atoms with E-state index in [4.69, 9.17) is 19.6 Å². The first-order chi connectivity index (χ1) is 10.6. The van der Waals surface area contributed by atoms with E-state index in [0.29, 0.717) is 35.7 Å². The molecule has 2 N–H and O–H groups in total. The molecule has 5 nitrogen and oxygen atoms in total. The SMILES string of the molecule is COc1ccc(CCC(=Cc2ccco2)C(N)=O)cc1OC. The summed E-state index contributed by atoms with van der Waals surface area (Å²) in [6, 6.07) is 9.21. The molecular weight excluding hydrogens is 282 g/mol. The fourth-order valence-corrected chi connectivity index (χ4v) is 2.13. The maximum atomic E-state index is 11.5. The minimum absolute atomic E-state index is 0.447. The fourth-order valence-electron chi connectivity index (χ4n) is 2.13. The summed E-state index contributed by atoms with van der Waals surface area (Å²) < 4.78 is 15.7. The second kappa shape index (κ2) is 7.36. The molecule has 0 fully saturated rings.